The van der Waals surface area contributed by atoms with Crippen molar-refractivity contribution in [3.05, 3.63) is 47.9 Å². The standard InChI is InChI=1S/C15H13F3N2O3/c1-9-4-5-11-12(7-9)23-14(13(21)20-11,15(16,17)18)19-8-10-3-2-6-22-10/h2-7,19H,8H2,1H3,(H,20,21). The van der Waals surface area contributed by atoms with Crippen LogP contribution in [0.5, 0.6) is 5.75 Å². The van der Waals surface area contributed by atoms with E-state index >= 15 is 0 Å². The summed E-state index contributed by atoms with van der Waals surface area (Å²) in [7, 11) is 0. The number of hydrogen-bond acceptors (Lipinski definition) is 4. The second-order valence-corrected chi connectivity index (χ2v) is 5.17. The second-order valence-electron chi connectivity index (χ2n) is 5.17. The van der Waals surface area contributed by atoms with Gasteiger partial charge in [0.2, 0.25) is 0 Å². The number of halogens is 3. The summed E-state index contributed by atoms with van der Waals surface area (Å²) in [5.41, 5.74) is -2.28. The molecule has 0 fully saturated rings. The Hall–Kier alpha value is -2.48. The lowest BCUT2D eigenvalue weighted by Crippen LogP contribution is -2.69. The first kappa shape index (κ1) is 15.4. The van der Waals surface area contributed by atoms with Crippen LogP contribution in [0.25, 0.3) is 0 Å². The maximum Gasteiger partial charge on any atom is 0.453 e. The molecule has 8 heteroatoms. The van der Waals surface area contributed by atoms with Gasteiger partial charge in [-0.05, 0) is 36.8 Å². The van der Waals surface area contributed by atoms with Gasteiger partial charge in [-0.2, -0.15) is 13.2 Å². The summed E-state index contributed by atoms with van der Waals surface area (Å²) in [4.78, 5) is 12.1. The SMILES string of the molecule is Cc1ccc2c(c1)OC(NCc1ccco1)(C(F)(F)F)C(=O)N2. The Morgan fingerprint density at radius 1 is 1.30 bits per heavy atom. The van der Waals surface area contributed by atoms with Gasteiger partial charge in [0.05, 0.1) is 18.5 Å². The fraction of sp³-hybridized carbons (Fsp3) is 0.267. The quantitative estimate of drug-likeness (QED) is 0.910. The van der Waals surface area contributed by atoms with Crippen molar-refractivity contribution < 1.29 is 27.1 Å². The van der Waals surface area contributed by atoms with Crippen LogP contribution in [0.3, 0.4) is 0 Å². The smallest absolute Gasteiger partial charge is 0.453 e. The Labute approximate surface area is 129 Å². The third-order valence-electron chi connectivity index (χ3n) is 3.46. The molecule has 2 N–H and O–H groups in total. The highest BCUT2D eigenvalue weighted by molar-refractivity contribution is 6.01. The van der Waals surface area contributed by atoms with Gasteiger partial charge in [0.1, 0.15) is 11.5 Å². The Morgan fingerprint density at radius 3 is 2.74 bits per heavy atom. The molecule has 2 aromatic rings. The highest BCUT2D eigenvalue weighted by atomic mass is 19.4. The summed E-state index contributed by atoms with van der Waals surface area (Å²) < 4.78 is 50.8. The molecule has 2 heterocycles. The van der Waals surface area contributed by atoms with E-state index in [1.54, 1.807) is 13.0 Å². The Kier molecular flexibility index (Phi) is 3.56. The van der Waals surface area contributed by atoms with Crippen LogP contribution >= 0.6 is 0 Å². The molecule has 0 spiro atoms. The molecule has 0 aliphatic carbocycles. The number of carbonyl (C=O) groups excluding carboxylic acids is 1. The van der Waals surface area contributed by atoms with Crippen LogP contribution in [-0.2, 0) is 11.3 Å². The molecule has 3 rings (SSSR count). The lowest BCUT2D eigenvalue weighted by atomic mass is 10.1. The molecule has 1 amide bonds. The molecule has 0 radical (unpaired) electrons. The number of ether oxygens (including phenoxy) is 1. The molecule has 1 aromatic carbocycles. The number of amides is 1. The minimum Gasteiger partial charge on any atom is -0.468 e. The number of carbonyl (C=O) groups is 1. The maximum atomic E-state index is 13.6. The van der Waals surface area contributed by atoms with Gasteiger partial charge in [0.15, 0.2) is 0 Å². The molecular formula is C15H13F3N2O3. The van der Waals surface area contributed by atoms with Gasteiger partial charge in [0, 0.05) is 0 Å². The number of nitrogens with one attached hydrogen (secondary N) is 2. The summed E-state index contributed by atoms with van der Waals surface area (Å²) in [6.07, 6.45) is -3.64. The number of alkyl halides is 3. The molecule has 1 unspecified atom stereocenters. The van der Waals surface area contributed by atoms with E-state index in [2.05, 4.69) is 10.6 Å². The zero-order valence-corrected chi connectivity index (χ0v) is 12.0. The van der Waals surface area contributed by atoms with Crippen molar-refractivity contribution in [2.45, 2.75) is 25.4 Å². The number of furan rings is 1. The van der Waals surface area contributed by atoms with Gasteiger partial charge in [-0.3, -0.25) is 10.1 Å². The van der Waals surface area contributed by atoms with Crippen molar-refractivity contribution in [3.63, 3.8) is 0 Å². The van der Waals surface area contributed by atoms with Crippen molar-refractivity contribution in [2.24, 2.45) is 0 Å². The summed E-state index contributed by atoms with van der Waals surface area (Å²) in [5, 5.41) is 4.37. The molecule has 0 bridgehead atoms. The molecule has 0 saturated carbocycles. The van der Waals surface area contributed by atoms with Gasteiger partial charge in [-0.1, -0.05) is 6.07 Å². The first-order valence-electron chi connectivity index (χ1n) is 6.77. The topological polar surface area (TPSA) is 63.5 Å². The molecule has 1 aromatic heterocycles. The lowest BCUT2D eigenvalue weighted by Gasteiger charge is -2.38. The third kappa shape index (κ3) is 2.65. The molecule has 0 saturated heterocycles. The van der Waals surface area contributed by atoms with Gasteiger partial charge < -0.3 is 14.5 Å². The number of anilines is 1. The Morgan fingerprint density at radius 2 is 2.09 bits per heavy atom. The zero-order valence-electron chi connectivity index (χ0n) is 12.0. The number of benzene rings is 1. The zero-order chi connectivity index (χ0) is 16.7. The summed E-state index contributed by atoms with van der Waals surface area (Å²) >= 11 is 0. The van der Waals surface area contributed by atoms with E-state index in [-0.39, 0.29) is 23.7 Å². The Bertz CT molecular complexity index is 728. The molecular weight excluding hydrogens is 313 g/mol. The van der Waals surface area contributed by atoms with E-state index in [1.807, 2.05) is 0 Å². The van der Waals surface area contributed by atoms with Crippen LogP contribution in [0.2, 0.25) is 0 Å². The van der Waals surface area contributed by atoms with Crippen LogP contribution in [0.4, 0.5) is 18.9 Å². The van der Waals surface area contributed by atoms with E-state index in [4.69, 9.17) is 9.15 Å². The van der Waals surface area contributed by atoms with E-state index < -0.39 is 17.8 Å². The van der Waals surface area contributed by atoms with Crippen molar-refractivity contribution >= 4 is 11.6 Å². The molecule has 1 atom stereocenters. The normalized spacial score (nSPS) is 20.6. The number of hydrogen-bond donors (Lipinski definition) is 2. The molecule has 122 valence electrons. The highest BCUT2D eigenvalue weighted by Gasteiger charge is 2.65. The van der Waals surface area contributed by atoms with Gasteiger partial charge in [0.25, 0.3) is 5.91 Å². The largest absolute Gasteiger partial charge is 0.468 e. The predicted octanol–water partition coefficient (Wildman–Crippen LogP) is 2.97. The monoisotopic (exact) mass is 326 g/mol. The van der Waals surface area contributed by atoms with Crippen molar-refractivity contribution in [1.29, 1.82) is 0 Å². The van der Waals surface area contributed by atoms with Crippen LogP contribution < -0.4 is 15.4 Å². The van der Waals surface area contributed by atoms with E-state index in [1.165, 1.54) is 30.5 Å². The van der Waals surface area contributed by atoms with E-state index in [0.29, 0.717) is 5.56 Å². The fourth-order valence-corrected chi connectivity index (χ4v) is 2.27. The first-order chi connectivity index (χ1) is 10.8. The van der Waals surface area contributed by atoms with E-state index in [9.17, 15) is 18.0 Å². The Balaban J connectivity index is 1.97. The number of rotatable bonds is 3. The minimum atomic E-state index is -4.97. The minimum absolute atomic E-state index is 0.0473. The molecule has 1 aliphatic rings. The lowest BCUT2D eigenvalue weighted by molar-refractivity contribution is -0.252. The predicted molar refractivity (Wildman–Crippen MR) is 74.8 cm³/mol. The fourth-order valence-electron chi connectivity index (χ4n) is 2.27. The summed E-state index contributed by atoms with van der Waals surface area (Å²) in [6, 6.07) is 7.63. The van der Waals surface area contributed by atoms with Crippen LogP contribution in [0.1, 0.15) is 11.3 Å². The van der Waals surface area contributed by atoms with E-state index in [0.717, 1.165) is 0 Å². The van der Waals surface area contributed by atoms with Gasteiger partial charge in [-0.25, -0.2) is 0 Å². The number of aryl methyl sites for hydroxylation is 1. The average molecular weight is 326 g/mol. The molecule has 1 aliphatic heterocycles. The van der Waals surface area contributed by atoms with Crippen molar-refractivity contribution in [1.82, 2.24) is 5.32 Å². The summed E-state index contributed by atoms with van der Waals surface area (Å²) in [6.45, 7) is 1.40. The van der Waals surface area contributed by atoms with Crippen LogP contribution in [0.15, 0.2) is 41.0 Å². The van der Waals surface area contributed by atoms with Crippen molar-refractivity contribution in [2.75, 3.05) is 5.32 Å². The average Bonchev–Trinajstić information content (AvgIpc) is 2.97. The van der Waals surface area contributed by atoms with Crippen LogP contribution in [0, 0.1) is 6.92 Å². The molecule has 23 heavy (non-hydrogen) atoms. The van der Waals surface area contributed by atoms with Crippen molar-refractivity contribution in [3.8, 4) is 5.75 Å². The maximum absolute atomic E-state index is 13.6. The van der Waals surface area contributed by atoms with Crippen LogP contribution in [-0.4, -0.2) is 17.8 Å². The first-order valence-corrected chi connectivity index (χ1v) is 6.77. The molecule has 5 nitrogen and oxygen atoms in total. The second kappa shape index (κ2) is 5.31. The van der Waals surface area contributed by atoms with Gasteiger partial charge in [-0.15, -0.1) is 0 Å². The van der Waals surface area contributed by atoms with Gasteiger partial charge >= 0.3 is 11.9 Å². The third-order valence-corrected chi connectivity index (χ3v) is 3.46. The number of fused-ring (bicyclic) bond motifs is 1. The highest BCUT2D eigenvalue weighted by Crippen LogP contribution is 2.41. The summed E-state index contributed by atoms with van der Waals surface area (Å²) in [5.74, 6) is -1.12.